The smallest absolute Gasteiger partial charge is 0.146 e. The third-order valence-corrected chi connectivity index (χ3v) is 1.96. The lowest BCUT2D eigenvalue weighted by Gasteiger charge is -2.03. The lowest BCUT2D eigenvalue weighted by atomic mass is 10.3. The summed E-state index contributed by atoms with van der Waals surface area (Å²) in [5.74, 6) is 0.787. The van der Waals surface area contributed by atoms with E-state index in [-0.39, 0.29) is 0 Å². The normalized spacial score (nSPS) is 10.6. The molecule has 0 aliphatic heterocycles. The molecule has 4 heteroatoms. The number of methoxy groups -OCH3 is 1. The van der Waals surface area contributed by atoms with Crippen LogP contribution in [-0.2, 0) is 6.54 Å². The van der Waals surface area contributed by atoms with E-state index in [2.05, 4.69) is 9.97 Å². The van der Waals surface area contributed by atoms with E-state index in [0.29, 0.717) is 6.54 Å². The zero-order chi connectivity index (χ0) is 9.26. The number of fused-ring (bicyclic) bond motifs is 1. The van der Waals surface area contributed by atoms with E-state index in [1.807, 2.05) is 18.3 Å². The number of ether oxygens (including phenoxy) is 1. The maximum atomic E-state index is 5.50. The molecule has 0 radical (unpaired) electrons. The molecule has 2 aromatic rings. The number of aromatic nitrogens is 2. The van der Waals surface area contributed by atoms with Crippen LogP contribution in [0.4, 0.5) is 0 Å². The van der Waals surface area contributed by atoms with Crippen molar-refractivity contribution in [3.63, 3.8) is 0 Å². The number of hydrogen-bond donors (Lipinski definition) is 2. The van der Waals surface area contributed by atoms with Gasteiger partial charge in [0.05, 0.1) is 18.3 Å². The molecule has 0 aromatic carbocycles. The first kappa shape index (κ1) is 8.07. The van der Waals surface area contributed by atoms with Gasteiger partial charge in [0.25, 0.3) is 0 Å². The number of nitrogens with two attached hydrogens (primary N) is 1. The summed E-state index contributed by atoms with van der Waals surface area (Å²) in [6.45, 7) is 0.428. The van der Waals surface area contributed by atoms with Gasteiger partial charge in [0, 0.05) is 18.8 Å². The molecule has 0 unspecified atom stereocenters. The molecular weight excluding hydrogens is 166 g/mol. The van der Waals surface area contributed by atoms with Crippen molar-refractivity contribution in [1.29, 1.82) is 0 Å². The van der Waals surface area contributed by atoms with Gasteiger partial charge in [0.15, 0.2) is 0 Å². The van der Waals surface area contributed by atoms with Crippen molar-refractivity contribution in [2.24, 2.45) is 5.73 Å². The molecular formula is C9H11N3O. The third-order valence-electron chi connectivity index (χ3n) is 1.96. The van der Waals surface area contributed by atoms with Crippen molar-refractivity contribution < 1.29 is 4.74 Å². The van der Waals surface area contributed by atoms with Crippen LogP contribution in [0, 0.1) is 0 Å². The average molecular weight is 177 g/mol. The minimum Gasteiger partial charge on any atom is -0.494 e. The minimum atomic E-state index is 0.428. The highest BCUT2D eigenvalue weighted by molar-refractivity contribution is 5.81. The maximum absolute atomic E-state index is 5.50. The zero-order valence-electron chi connectivity index (χ0n) is 7.37. The minimum absolute atomic E-state index is 0.428. The molecule has 0 aliphatic carbocycles. The van der Waals surface area contributed by atoms with Gasteiger partial charge in [-0.25, -0.2) is 4.98 Å². The molecule has 4 nitrogen and oxygen atoms in total. The molecule has 68 valence electrons. The molecule has 3 N–H and O–H groups in total. The Labute approximate surface area is 75.7 Å². The average Bonchev–Trinajstić information content (AvgIpc) is 2.63. The fourth-order valence-corrected chi connectivity index (χ4v) is 1.33. The zero-order valence-corrected chi connectivity index (χ0v) is 7.37. The summed E-state index contributed by atoms with van der Waals surface area (Å²) in [6, 6.07) is 3.75. The van der Waals surface area contributed by atoms with Crippen molar-refractivity contribution in [1.82, 2.24) is 9.97 Å². The first-order valence-corrected chi connectivity index (χ1v) is 4.06. The second kappa shape index (κ2) is 3.06. The van der Waals surface area contributed by atoms with Gasteiger partial charge in [-0.05, 0) is 6.07 Å². The molecule has 0 saturated heterocycles. The number of H-pyrrole nitrogens is 1. The summed E-state index contributed by atoms with van der Waals surface area (Å²) >= 11 is 0. The maximum Gasteiger partial charge on any atom is 0.146 e. The van der Waals surface area contributed by atoms with Gasteiger partial charge in [-0.15, -0.1) is 0 Å². The van der Waals surface area contributed by atoms with Crippen LogP contribution in [0.25, 0.3) is 11.0 Å². The summed E-state index contributed by atoms with van der Waals surface area (Å²) < 4.78 is 5.20. The van der Waals surface area contributed by atoms with Crippen molar-refractivity contribution in [2.75, 3.05) is 7.11 Å². The predicted molar refractivity (Wildman–Crippen MR) is 50.5 cm³/mol. The van der Waals surface area contributed by atoms with Crippen LogP contribution < -0.4 is 10.5 Å². The highest BCUT2D eigenvalue weighted by Crippen LogP contribution is 2.23. The summed E-state index contributed by atoms with van der Waals surface area (Å²) in [5, 5.41) is 0. The predicted octanol–water partition coefficient (Wildman–Crippen LogP) is 1.03. The van der Waals surface area contributed by atoms with Crippen LogP contribution in [0.2, 0.25) is 0 Å². The van der Waals surface area contributed by atoms with Crippen molar-refractivity contribution in [2.45, 2.75) is 6.54 Å². The monoisotopic (exact) mass is 177 g/mol. The Hall–Kier alpha value is -1.55. The number of nitrogens with one attached hydrogen (secondary N) is 1. The summed E-state index contributed by atoms with van der Waals surface area (Å²) in [4.78, 5) is 7.39. The van der Waals surface area contributed by atoms with Gasteiger partial charge in [0.1, 0.15) is 11.3 Å². The van der Waals surface area contributed by atoms with Gasteiger partial charge in [-0.2, -0.15) is 0 Å². The van der Waals surface area contributed by atoms with E-state index < -0.39 is 0 Å². The van der Waals surface area contributed by atoms with E-state index in [9.17, 15) is 0 Å². The highest BCUT2D eigenvalue weighted by Gasteiger charge is 2.05. The van der Waals surface area contributed by atoms with Crippen LogP contribution in [0.1, 0.15) is 5.69 Å². The molecule has 0 spiro atoms. The second-order valence-corrected chi connectivity index (χ2v) is 2.76. The molecule has 2 rings (SSSR count). The number of nitrogens with zero attached hydrogens (tertiary/aromatic N) is 1. The molecule has 0 atom stereocenters. The Balaban J connectivity index is 2.70. The molecule has 2 aromatic heterocycles. The van der Waals surface area contributed by atoms with Gasteiger partial charge in [0.2, 0.25) is 0 Å². The first-order chi connectivity index (χ1) is 6.35. The standard InChI is InChI=1S/C9H11N3O/c1-13-8-4-6(5-10)12-7-2-3-11-9(7)8/h2-4,11H,5,10H2,1H3. The Morgan fingerprint density at radius 3 is 3.15 bits per heavy atom. The van der Waals surface area contributed by atoms with Gasteiger partial charge < -0.3 is 15.5 Å². The van der Waals surface area contributed by atoms with E-state index in [1.54, 1.807) is 7.11 Å². The molecule has 0 amide bonds. The van der Waals surface area contributed by atoms with Crippen LogP contribution in [0.5, 0.6) is 5.75 Å². The Morgan fingerprint density at radius 2 is 2.46 bits per heavy atom. The third kappa shape index (κ3) is 1.25. The van der Waals surface area contributed by atoms with Crippen molar-refractivity contribution >= 4 is 11.0 Å². The first-order valence-electron chi connectivity index (χ1n) is 4.06. The Morgan fingerprint density at radius 1 is 1.62 bits per heavy atom. The van der Waals surface area contributed by atoms with Crippen LogP contribution in [0.3, 0.4) is 0 Å². The molecule has 0 aliphatic rings. The van der Waals surface area contributed by atoms with Crippen LogP contribution >= 0.6 is 0 Å². The second-order valence-electron chi connectivity index (χ2n) is 2.76. The summed E-state index contributed by atoms with van der Waals surface area (Å²) in [5.41, 5.74) is 8.15. The summed E-state index contributed by atoms with van der Waals surface area (Å²) in [7, 11) is 1.63. The number of hydrogen-bond acceptors (Lipinski definition) is 3. The highest BCUT2D eigenvalue weighted by atomic mass is 16.5. The number of rotatable bonds is 2. The summed E-state index contributed by atoms with van der Waals surface area (Å²) in [6.07, 6.45) is 1.83. The van der Waals surface area contributed by atoms with E-state index in [4.69, 9.17) is 10.5 Å². The van der Waals surface area contributed by atoms with Gasteiger partial charge in [-0.1, -0.05) is 0 Å². The Kier molecular flexibility index (Phi) is 1.90. The van der Waals surface area contributed by atoms with Crippen LogP contribution in [0.15, 0.2) is 18.3 Å². The van der Waals surface area contributed by atoms with Crippen LogP contribution in [-0.4, -0.2) is 17.1 Å². The fraction of sp³-hybridized carbons (Fsp3) is 0.222. The Bertz CT molecular complexity index is 422. The SMILES string of the molecule is COc1cc(CN)nc2cc[nH]c12. The van der Waals surface area contributed by atoms with E-state index in [1.165, 1.54) is 0 Å². The molecule has 13 heavy (non-hydrogen) atoms. The topological polar surface area (TPSA) is 63.9 Å². The largest absolute Gasteiger partial charge is 0.494 e. The lowest BCUT2D eigenvalue weighted by Crippen LogP contribution is -2.00. The van der Waals surface area contributed by atoms with E-state index >= 15 is 0 Å². The van der Waals surface area contributed by atoms with Crippen molar-refractivity contribution in [3.05, 3.63) is 24.0 Å². The lowest BCUT2D eigenvalue weighted by molar-refractivity contribution is 0.418. The van der Waals surface area contributed by atoms with Gasteiger partial charge >= 0.3 is 0 Å². The number of pyridine rings is 1. The fourth-order valence-electron chi connectivity index (χ4n) is 1.33. The molecule has 0 fully saturated rings. The van der Waals surface area contributed by atoms with E-state index in [0.717, 1.165) is 22.5 Å². The quantitative estimate of drug-likeness (QED) is 0.720. The van der Waals surface area contributed by atoms with Gasteiger partial charge in [-0.3, -0.25) is 0 Å². The molecule has 0 bridgehead atoms. The van der Waals surface area contributed by atoms with Crippen molar-refractivity contribution in [3.8, 4) is 5.75 Å². The molecule has 2 heterocycles. The number of aromatic amines is 1. The molecule has 0 saturated carbocycles.